The van der Waals surface area contributed by atoms with E-state index >= 15 is 0 Å². The van der Waals surface area contributed by atoms with Crippen LogP contribution in [0.2, 0.25) is 0 Å². The molecule has 0 saturated carbocycles. The predicted octanol–water partition coefficient (Wildman–Crippen LogP) is 0.996. The minimum atomic E-state index is -1.43. The molecule has 4 heteroatoms. The van der Waals surface area contributed by atoms with Gasteiger partial charge in [-0.3, -0.25) is 4.79 Å². The van der Waals surface area contributed by atoms with Crippen molar-refractivity contribution in [2.45, 2.75) is 0 Å². The van der Waals surface area contributed by atoms with Gasteiger partial charge in [0.05, 0.1) is 0 Å². The first-order chi connectivity index (χ1) is 6.15. The van der Waals surface area contributed by atoms with Gasteiger partial charge in [0.15, 0.2) is 0 Å². The Hall–Kier alpha value is -1.84. The number of nitrogens with one attached hydrogen (secondary N) is 1. The molecule has 0 aliphatic rings. The minimum Gasteiger partial charge on any atom is -0.475 e. The summed E-state index contributed by atoms with van der Waals surface area (Å²) in [5.41, 5.74) is 1.02. The van der Waals surface area contributed by atoms with Gasteiger partial charge in [0.25, 0.3) is 5.78 Å². The number of benzene rings is 1. The lowest BCUT2D eigenvalue weighted by atomic mass is 10.1. The molecule has 2 N–H and O–H groups in total. The van der Waals surface area contributed by atoms with Gasteiger partial charge in [-0.1, -0.05) is 0 Å². The van der Waals surface area contributed by atoms with E-state index < -0.39 is 11.8 Å². The molecule has 0 bridgehead atoms. The standard InChI is InChI=1S/C9H9NO3/c1-10-7-4-2-6(3-5-7)8(11)9(12)13/h2-5,10H,1H3,(H,12,13). The lowest BCUT2D eigenvalue weighted by Gasteiger charge is -1.99. The first-order valence-electron chi connectivity index (χ1n) is 3.70. The fourth-order valence-corrected chi connectivity index (χ4v) is 0.912. The highest BCUT2D eigenvalue weighted by Gasteiger charge is 2.13. The maximum Gasteiger partial charge on any atom is 0.377 e. The number of aliphatic carboxylic acids is 1. The van der Waals surface area contributed by atoms with Gasteiger partial charge in [0.1, 0.15) is 0 Å². The van der Waals surface area contributed by atoms with E-state index in [0.29, 0.717) is 0 Å². The molecule has 0 unspecified atom stereocenters. The van der Waals surface area contributed by atoms with Gasteiger partial charge in [-0.15, -0.1) is 0 Å². The molecule has 1 aromatic rings. The van der Waals surface area contributed by atoms with Crippen molar-refractivity contribution in [3.63, 3.8) is 0 Å². The summed E-state index contributed by atoms with van der Waals surface area (Å²) in [5.74, 6) is -2.32. The molecule has 1 rings (SSSR count). The summed E-state index contributed by atoms with van der Waals surface area (Å²) in [6.45, 7) is 0. The van der Waals surface area contributed by atoms with E-state index in [-0.39, 0.29) is 5.56 Å². The normalized spacial score (nSPS) is 9.31. The molecule has 0 aliphatic heterocycles. The number of carboxylic acid groups (broad SMARTS) is 1. The first kappa shape index (κ1) is 9.25. The average Bonchev–Trinajstić information content (AvgIpc) is 2.17. The van der Waals surface area contributed by atoms with E-state index in [9.17, 15) is 9.59 Å². The fraction of sp³-hybridized carbons (Fsp3) is 0.111. The van der Waals surface area contributed by atoms with Crippen molar-refractivity contribution >= 4 is 17.4 Å². The van der Waals surface area contributed by atoms with E-state index in [0.717, 1.165) is 5.69 Å². The summed E-state index contributed by atoms with van der Waals surface area (Å²) in [6, 6.07) is 6.25. The Balaban J connectivity index is 2.92. The molecule has 68 valence electrons. The topological polar surface area (TPSA) is 66.4 Å². The fourth-order valence-electron chi connectivity index (χ4n) is 0.912. The predicted molar refractivity (Wildman–Crippen MR) is 48.0 cm³/mol. The first-order valence-corrected chi connectivity index (χ1v) is 3.70. The number of rotatable bonds is 3. The number of hydrogen-bond donors (Lipinski definition) is 2. The second-order valence-electron chi connectivity index (χ2n) is 2.46. The summed E-state index contributed by atoms with van der Waals surface area (Å²) in [6.07, 6.45) is 0. The van der Waals surface area contributed by atoms with Crippen molar-refractivity contribution in [1.82, 2.24) is 0 Å². The van der Waals surface area contributed by atoms with Crippen LogP contribution < -0.4 is 5.32 Å². The van der Waals surface area contributed by atoms with E-state index in [1.165, 1.54) is 12.1 Å². The SMILES string of the molecule is CNc1ccc(C(=O)C(=O)O)cc1. The molecule has 13 heavy (non-hydrogen) atoms. The van der Waals surface area contributed by atoms with Crippen LogP contribution in [0.1, 0.15) is 10.4 Å². The molecule has 0 heterocycles. The lowest BCUT2D eigenvalue weighted by molar-refractivity contribution is -0.131. The molecular weight excluding hydrogens is 170 g/mol. The Bertz CT molecular complexity index is 329. The summed E-state index contributed by atoms with van der Waals surface area (Å²) >= 11 is 0. The summed E-state index contributed by atoms with van der Waals surface area (Å²) in [7, 11) is 1.74. The maximum atomic E-state index is 10.9. The third-order valence-electron chi connectivity index (χ3n) is 1.63. The molecule has 0 aliphatic carbocycles. The van der Waals surface area contributed by atoms with Gasteiger partial charge in [-0.25, -0.2) is 4.79 Å². The van der Waals surface area contributed by atoms with E-state index in [1.807, 2.05) is 0 Å². The van der Waals surface area contributed by atoms with Crippen LogP contribution in [-0.4, -0.2) is 23.9 Å². The third kappa shape index (κ3) is 2.05. The third-order valence-corrected chi connectivity index (χ3v) is 1.63. The number of anilines is 1. The van der Waals surface area contributed by atoms with Crippen molar-refractivity contribution in [3.8, 4) is 0 Å². The monoisotopic (exact) mass is 179 g/mol. The van der Waals surface area contributed by atoms with Crippen molar-refractivity contribution in [3.05, 3.63) is 29.8 Å². The molecule has 0 aromatic heterocycles. The van der Waals surface area contributed by atoms with E-state index in [2.05, 4.69) is 5.32 Å². The average molecular weight is 179 g/mol. The Labute approximate surface area is 75.2 Å². The number of ketones is 1. The second-order valence-corrected chi connectivity index (χ2v) is 2.46. The van der Waals surface area contributed by atoms with Crippen LogP contribution in [0.25, 0.3) is 0 Å². The number of Topliss-reactive ketones (excluding diaryl/α,β-unsaturated/α-hetero) is 1. The maximum absolute atomic E-state index is 10.9. The summed E-state index contributed by atoms with van der Waals surface area (Å²) in [4.78, 5) is 21.2. The minimum absolute atomic E-state index is 0.187. The Morgan fingerprint density at radius 2 is 1.77 bits per heavy atom. The summed E-state index contributed by atoms with van der Waals surface area (Å²) in [5, 5.41) is 11.3. The lowest BCUT2D eigenvalue weighted by Crippen LogP contribution is -2.12. The molecule has 0 atom stereocenters. The summed E-state index contributed by atoms with van der Waals surface area (Å²) < 4.78 is 0. The van der Waals surface area contributed by atoms with Crippen LogP contribution in [0.15, 0.2) is 24.3 Å². The van der Waals surface area contributed by atoms with E-state index in [4.69, 9.17) is 5.11 Å². The van der Waals surface area contributed by atoms with Crippen molar-refractivity contribution in [2.24, 2.45) is 0 Å². The van der Waals surface area contributed by atoms with Crippen molar-refractivity contribution in [1.29, 1.82) is 0 Å². The van der Waals surface area contributed by atoms with Crippen molar-refractivity contribution < 1.29 is 14.7 Å². The zero-order valence-corrected chi connectivity index (χ0v) is 7.07. The Morgan fingerprint density at radius 1 is 1.23 bits per heavy atom. The number of carboxylic acids is 1. The quantitative estimate of drug-likeness (QED) is 0.536. The highest BCUT2D eigenvalue weighted by atomic mass is 16.4. The van der Waals surface area contributed by atoms with Gasteiger partial charge < -0.3 is 10.4 Å². The van der Waals surface area contributed by atoms with Gasteiger partial charge in [-0.05, 0) is 24.3 Å². The molecule has 0 amide bonds. The highest BCUT2D eigenvalue weighted by molar-refractivity contribution is 6.39. The van der Waals surface area contributed by atoms with Gasteiger partial charge in [0.2, 0.25) is 0 Å². The van der Waals surface area contributed by atoms with E-state index in [1.54, 1.807) is 19.2 Å². The van der Waals surface area contributed by atoms with Gasteiger partial charge in [0, 0.05) is 18.3 Å². The second kappa shape index (κ2) is 3.71. The van der Waals surface area contributed by atoms with Crippen LogP contribution in [0.4, 0.5) is 5.69 Å². The molecule has 1 aromatic carbocycles. The van der Waals surface area contributed by atoms with Crippen LogP contribution >= 0.6 is 0 Å². The van der Waals surface area contributed by atoms with Crippen LogP contribution in [0.3, 0.4) is 0 Å². The molecule has 0 radical (unpaired) electrons. The number of carbonyl (C=O) groups is 2. The smallest absolute Gasteiger partial charge is 0.377 e. The van der Waals surface area contributed by atoms with Crippen LogP contribution in [0, 0.1) is 0 Å². The number of carbonyl (C=O) groups excluding carboxylic acids is 1. The number of hydrogen-bond acceptors (Lipinski definition) is 3. The van der Waals surface area contributed by atoms with Crippen LogP contribution in [0.5, 0.6) is 0 Å². The van der Waals surface area contributed by atoms with Gasteiger partial charge >= 0.3 is 5.97 Å². The molecule has 0 spiro atoms. The molecule has 0 saturated heterocycles. The highest BCUT2D eigenvalue weighted by Crippen LogP contribution is 2.08. The molecular formula is C9H9NO3. The zero-order chi connectivity index (χ0) is 9.84. The zero-order valence-electron chi connectivity index (χ0n) is 7.07. The van der Waals surface area contributed by atoms with Crippen LogP contribution in [-0.2, 0) is 4.79 Å². The Morgan fingerprint density at radius 3 is 2.15 bits per heavy atom. The molecule has 4 nitrogen and oxygen atoms in total. The van der Waals surface area contributed by atoms with Crippen molar-refractivity contribution in [2.75, 3.05) is 12.4 Å². The van der Waals surface area contributed by atoms with Gasteiger partial charge in [-0.2, -0.15) is 0 Å². The largest absolute Gasteiger partial charge is 0.475 e. The molecule has 0 fully saturated rings. The Kier molecular flexibility index (Phi) is 2.64.